The summed E-state index contributed by atoms with van der Waals surface area (Å²) >= 11 is 9.26. The Morgan fingerprint density at radius 1 is 1.38 bits per heavy atom. The van der Waals surface area contributed by atoms with Crippen molar-refractivity contribution in [2.45, 2.75) is 25.6 Å². The van der Waals surface area contributed by atoms with Gasteiger partial charge < -0.3 is 0 Å². The zero-order valence-electron chi connectivity index (χ0n) is 7.82. The second-order valence-corrected chi connectivity index (χ2v) is 4.25. The van der Waals surface area contributed by atoms with Gasteiger partial charge in [-0.05, 0) is 36.5 Å². The van der Waals surface area contributed by atoms with Crippen LogP contribution in [0.4, 0.5) is 0 Å². The molecule has 0 aliphatic heterocycles. The quantitative estimate of drug-likeness (QED) is 0.717. The van der Waals surface area contributed by atoms with Crippen LogP contribution in [0.3, 0.4) is 0 Å². The summed E-state index contributed by atoms with van der Waals surface area (Å²) in [7, 11) is 0. The van der Waals surface area contributed by atoms with Gasteiger partial charge in [0.15, 0.2) is 0 Å². The van der Waals surface area contributed by atoms with Gasteiger partial charge in [0.05, 0.1) is 0 Å². The summed E-state index contributed by atoms with van der Waals surface area (Å²) < 4.78 is 0. The molecule has 1 rings (SSSR count). The Balaban J connectivity index is 2.74. The van der Waals surface area contributed by atoms with Crippen molar-refractivity contribution in [3.05, 3.63) is 34.9 Å². The van der Waals surface area contributed by atoms with E-state index in [-0.39, 0.29) is 0 Å². The fraction of sp³-hybridized carbons (Fsp3) is 0.455. The van der Waals surface area contributed by atoms with E-state index in [1.807, 2.05) is 0 Å². The van der Waals surface area contributed by atoms with Crippen molar-refractivity contribution in [3.63, 3.8) is 0 Å². The first-order valence-corrected chi connectivity index (χ1v) is 6.14. The summed E-state index contributed by atoms with van der Waals surface area (Å²) in [5.74, 6) is 0.619. The Kier molecular flexibility index (Phi) is 4.82. The standard InChI is InChI=1S/C11H14BrCl/c1-9-4-5-10(3-2-6-12)7-11(9)8-13/h4-5,7H,2-3,6,8H2,1H3. The zero-order valence-corrected chi connectivity index (χ0v) is 10.2. The van der Waals surface area contributed by atoms with Gasteiger partial charge in [0.25, 0.3) is 0 Å². The molecule has 1 aromatic carbocycles. The SMILES string of the molecule is Cc1ccc(CCCBr)cc1CCl. The molecule has 0 heterocycles. The average molecular weight is 262 g/mol. The summed E-state index contributed by atoms with van der Waals surface area (Å²) in [5.41, 5.74) is 3.94. The summed E-state index contributed by atoms with van der Waals surface area (Å²) in [6, 6.07) is 6.56. The first-order valence-electron chi connectivity index (χ1n) is 4.48. The second-order valence-electron chi connectivity index (χ2n) is 3.19. The van der Waals surface area contributed by atoms with Crippen LogP contribution in [0.2, 0.25) is 0 Å². The summed E-state index contributed by atoms with van der Waals surface area (Å²) in [5, 5.41) is 1.07. The maximum absolute atomic E-state index is 5.83. The lowest BCUT2D eigenvalue weighted by molar-refractivity contribution is 0.935. The highest BCUT2D eigenvalue weighted by Gasteiger charge is 1.98. The topological polar surface area (TPSA) is 0 Å². The average Bonchev–Trinajstić information content (AvgIpc) is 2.16. The van der Waals surface area contributed by atoms with Crippen molar-refractivity contribution < 1.29 is 0 Å². The van der Waals surface area contributed by atoms with E-state index in [1.54, 1.807) is 0 Å². The lowest BCUT2D eigenvalue weighted by Gasteiger charge is -2.05. The first kappa shape index (κ1) is 11.1. The van der Waals surface area contributed by atoms with Gasteiger partial charge in [-0.2, -0.15) is 0 Å². The monoisotopic (exact) mass is 260 g/mol. The molecule has 0 unspecified atom stereocenters. The largest absolute Gasteiger partial charge is 0.122 e. The normalized spacial score (nSPS) is 10.4. The van der Waals surface area contributed by atoms with Crippen molar-refractivity contribution in [1.29, 1.82) is 0 Å². The van der Waals surface area contributed by atoms with Crippen LogP contribution in [0.5, 0.6) is 0 Å². The minimum absolute atomic E-state index is 0.619. The third-order valence-electron chi connectivity index (χ3n) is 2.16. The van der Waals surface area contributed by atoms with Crippen LogP contribution in [0.15, 0.2) is 18.2 Å². The molecule has 0 nitrogen and oxygen atoms in total. The van der Waals surface area contributed by atoms with Crippen LogP contribution in [-0.2, 0) is 12.3 Å². The van der Waals surface area contributed by atoms with Crippen LogP contribution in [0.1, 0.15) is 23.1 Å². The third kappa shape index (κ3) is 3.32. The molecule has 0 spiro atoms. The number of rotatable bonds is 4. The molecule has 0 radical (unpaired) electrons. The molecule has 0 aliphatic rings. The molecule has 0 N–H and O–H groups in total. The molecule has 0 aliphatic carbocycles. The highest BCUT2D eigenvalue weighted by Crippen LogP contribution is 2.14. The molecule has 2 heteroatoms. The molecule has 0 saturated heterocycles. The van der Waals surface area contributed by atoms with E-state index in [1.165, 1.54) is 23.1 Å². The smallest absolute Gasteiger partial charge is 0.0476 e. The minimum atomic E-state index is 0.619. The van der Waals surface area contributed by atoms with E-state index in [0.717, 1.165) is 11.8 Å². The Hall–Kier alpha value is -0.0100. The number of benzene rings is 1. The van der Waals surface area contributed by atoms with Gasteiger partial charge in [0.2, 0.25) is 0 Å². The molecule has 0 amide bonds. The first-order chi connectivity index (χ1) is 6.27. The summed E-state index contributed by atoms with van der Waals surface area (Å²) in [6.45, 7) is 2.10. The molecule has 0 saturated carbocycles. The molecule has 0 aromatic heterocycles. The van der Waals surface area contributed by atoms with E-state index in [4.69, 9.17) is 11.6 Å². The van der Waals surface area contributed by atoms with E-state index < -0.39 is 0 Å². The van der Waals surface area contributed by atoms with Gasteiger partial charge >= 0.3 is 0 Å². The fourth-order valence-electron chi connectivity index (χ4n) is 1.30. The Labute approximate surface area is 93.4 Å². The van der Waals surface area contributed by atoms with Crippen molar-refractivity contribution in [1.82, 2.24) is 0 Å². The van der Waals surface area contributed by atoms with Gasteiger partial charge in [0, 0.05) is 11.2 Å². The van der Waals surface area contributed by atoms with Crippen LogP contribution >= 0.6 is 27.5 Å². The predicted molar refractivity (Wildman–Crippen MR) is 62.9 cm³/mol. The van der Waals surface area contributed by atoms with Gasteiger partial charge in [-0.15, -0.1) is 11.6 Å². The molecule has 1 aromatic rings. The van der Waals surface area contributed by atoms with E-state index in [0.29, 0.717) is 5.88 Å². The maximum atomic E-state index is 5.83. The Morgan fingerprint density at radius 3 is 2.77 bits per heavy atom. The third-order valence-corrected chi connectivity index (χ3v) is 3.01. The summed E-state index contributed by atoms with van der Waals surface area (Å²) in [6.07, 6.45) is 2.32. The number of aryl methyl sites for hydroxylation is 2. The van der Waals surface area contributed by atoms with Crippen molar-refractivity contribution in [3.8, 4) is 0 Å². The van der Waals surface area contributed by atoms with E-state index in [2.05, 4.69) is 41.1 Å². The van der Waals surface area contributed by atoms with Gasteiger partial charge in [-0.3, -0.25) is 0 Å². The predicted octanol–water partition coefficient (Wildman–Crippen LogP) is 4.06. The molecular formula is C11H14BrCl. The van der Waals surface area contributed by atoms with Crippen LogP contribution in [0.25, 0.3) is 0 Å². The minimum Gasteiger partial charge on any atom is -0.122 e. The maximum Gasteiger partial charge on any atom is 0.0476 e. The number of halogens is 2. The van der Waals surface area contributed by atoms with E-state index >= 15 is 0 Å². The Morgan fingerprint density at radius 2 is 2.15 bits per heavy atom. The van der Waals surface area contributed by atoms with Crippen LogP contribution in [0, 0.1) is 6.92 Å². The number of hydrogen-bond donors (Lipinski definition) is 0. The molecule has 0 atom stereocenters. The van der Waals surface area contributed by atoms with Gasteiger partial charge in [0.1, 0.15) is 0 Å². The molecule has 13 heavy (non-hydrogen) atoms. The highest BCUT2D eigenvalue weighted by molar-refractivity contribution is 9.09. The highest BCUT2D eigenvalue weighted by atomic mass is 79.9. The van der Waals surface area contributed by atoms with Crippen LogP contribution in [-0.4, -0.2) is 5.33 Å². The van der Waals surface area contributed by atoms with Crippen molar-refractivity contribution >= 4 is 27.5 Å². The van der Waals surface area contributed by atoms with E-state index in [9.17, 15) is 0 Å². The number of alkyl halides is 2. The van der Waals surface area contributed by atoms with Crippen molar-refractivity contribution in [2.24, 2.45) is 0 Å². The number of hydrogen-bond acceptors (Lipinski definition) is 0. The second kappa shape index (κ2) is 5.66. The molecule has 0 fully saturated rings. The molecular weight excluding hydrogens is 247 g/mol. The fourth-order valence-corrected chi connectivity index (χ4v) is 1.86. The van der Waals surface area contributed by atoms with Gasteiger partial charge in [-0.1, -0.05) is 34.1 Å². The van der Waals surface area contributed by atoms with Crippen LogP contribution < -0.4 is 0 Å². The lowest BCUT2D eigenvalue weighted by atomic mass is 10.0. The summed E-state index contributed by atoms with van der Waals surface area (Å²) in [4.78, 5) is 0. The van der Waals surface area contributed by atoms with Crippen molar-refractivity contribution in [2.75, 3.05) is 5.33 Å². The molecule has 0 bridgehead atoms. The van der Waals surface area contributed by atoms with Gasteiger partial charge in [-0.25, -0.2) is 0 Å². The molecule has 72 valence electrons. The zero-order chi connectivity index (χ0) is 9.68. The Bertz CT molecular complexity index is 271. The lowest BCUT2D eigenvalue weighted by Crippen LogP contribution is -1.91.